The van der Waals surface area contributed by atoms with Gasteiger partial charge in [-0.2, -0.15) is 0 Å². The molecule has 0 bridgehead atoms. The predicted molar refractivity (Wildman–Crippen MR) is 77.8 cm³/mol. The summed E-state index contributed by atoms with van der Waals surface area (Å²) in [6, 6.07) is 0. The van der Waals surface area contributed by atoms with Crippen molar-refractivity contribution in [2.75, 3.05) is 0 Å². The summed E-state index contributed by atoms with van der Waals surface area (Å²) in [5.74, 6) is 0.958. The van der Waals surface area contributed by atoms with Gasteiger partial charge in [-0.25, -0.2) is 4.98 Å². The first-order chi connectivity index (χ1) is 8.58. The van der Waals surface area contributed by atoms with Gasteiger partial charge in [0.25, 0.3) is 5.56 Å². The average Bonchev–Trinajstić information content (AvgIpc) is 2.81. The van der Waals surface area contributed by atoms with Gasteiger partial charge in [-0.1, -0.05) is 20.8 Å². The third-order valence-electron chi connectivity index (χ3n) is 3.29. The molecule has 0 spiro atoms. The van der Waals surface area contributed by atoms with Gasteiger partial charge in [0.1, 0.15) is 10.7 Å². The van der Waals surface area contributed by atoms with Gasteiger partial charge in [-0.3, -0.25) is 4.79 Å². The Morgan fingerprint density at radius 3 is 2.78 bits per heavy atom. The van der Waals surface area contributed by atoms with Crippen LogP contribution in [-0.4, -0.2) is 9.97 Å². The molecule has 2 atom stereocenters. The summed E-state index contributed by atoms with van der Waals surface area (Å²) < 4.78 is 0. The Morgan fingerprint density at radius 1 is 1.44 bits per heavy atom. The van der Waals surface area contributed by atoms with Crippen LogP contribution in [0.15, 0.2) is 10.2 Å². The van der Waals surface area contributed by atoms with Crippen molar-refractivity contribution in [1.82, 2.24) is 9.97 Å². The molecule has 0 aliphatic heterocycles. The second-order valence-corrected chi connectivity index (χ2v) is 5.89. The van der Waals surface area contributed by atoms with Crippen LogP contribution in [0.1, 0.15) is 56.3 Å². The molecule has 2 aromatic heterocycles. The summed E-state index contributed by atoms with van der Waals surface area (Å²) in [5.41, 5.74) is 1.03. The van der Waals surface area contributed by atoms with Crippen LogP contribution in [0.3, 0.4) is 0 Å². The number of nitrogens with one attached hydrogen (secondary N) is 1. The van der Waals surface area contributed by atoms with Crippen LogP contribution in [0.5, 0.6) is 0 Å². The SMILES string of the molecule is CCC(C)c1csc2nc(C(Cl)CC)[nH]c(=O)c12. The van der Waals surface area contributed by atoms with Crippen molar-refractivity contribution in [3.8, 4) is 0 Å². The smallest absolute Gasteiger partial charge is 0.259 e. The van der Waals surface area contributed by atoms with E-state index in [4.69, 9.17) is 11.6 Å². The number of rotatable bonds is 4. The molecule has 0 saturated carbocycles. The number of hydrogen-bond donors (Lipinski definition) is 1. The van der Waals surface area contributed by atoms with E-state index in [1.165, 1.54) is 11.3 Å². The quantitative estimate of drug-likeness (QED) is 0.856. The van der Waals surface area contributed by atoms with Crippen molar-refractivity contribution in [2.24, 2.45) is 0 Å². The first kappa shape index (κ1) is 13.6. The summed E-state index contributed by atoms with van der Waals surface area (Å²) in [4.78, 5) is 20.3. The maximum absolute atomic E-state index is 12.2. The summed E-state index contributed by atoms with van der Waals surface area (Å²) in [6.45, 7) is 6.22. The summed E-state index contributed by atoms with van der Waals surface area (Å²) in [5, 5.41) is 2.55. The van der Waals surface area contributed by atoms with Crippen LogP contribution >= 0.6 is 22.9 Å². The van der Waals surface area contributed by atoms with E-state index in [1.54, 1.807) is 0 Å². The monoisotopic (exact) mass is 284 g/mol. The number of aromatic nitrogens is 2. The lowest BCUT2D eigenvalue weighted by Gasteiger charge is -2.08. The van der Waals surface area contributed by atoms with E-state index in [9.17, 15) is 4.79 Å². The van der Waals surface area contributed by atoms with E-state index in [-0.39, 0.29) is 10.9 Å². The van der Waals surface area contributed by atoms with Gasteiger partial charge in [0.15, 0.2) is 0 Å². The predicted octanol–water partition coefficient (Wildman–Crippen LogP) is 4.19. The van der Waals surface area contributed by atoms with Crippen molar-refractivity contribution in [1.29, 1.82) is 0 Å². The number of thiophene rings is 1. The Balaban J connectivity index is 2.61. The second kappa shape index (κ2) is 5.41. The lowest BCUT2D eigenvalue weighted by atomic mass is 9.99. The number of hydrogen-bond acceptors (Lipinski definition) is 3. The Bertz CT molecular complexity index is 605. The molecule has 0 amide bonds. The molecule has 0 fully saturated rings. The fraction of sp³-hybridized carbons (Fsp3) is 0.538. The Hall–Kier alpha value is -0.870. The highest BCUT2D eigenvalue weighted by Crippen LogP contribution is 2.30. The van der Waals surface area contributed by atoms with Crippen LogP contribution in [0, 0.1) is 0 Å². The molecule has 18 heavy (non-hydrogen) atoms. The van der Waals surface area contributed by atoms with Crippen molar-refractivity contribution in [3.63, 3.8) is 0 Å². The number of H-pyrrole nitrogens is 1. The van der Waals surface area contributed by atoms with Crippen molar-refractivity contribution in [3.05, 3.63) is 27.1 Å². The van der Waals surface area contributed by atoms with E-state index in [1.807, 2.05) is 12.3 Å². The van der Waals surface area contributed by atoms with Crippen LogP contribution in [0.25, 0.3) is 10.2 Å². The average molecular weight is 285 g/mol. The van der Waals surface area contributed by atoms with Crippen LogP contribution in [0.2, 0.25) is 0 Å². The number of aromatic amines is 1. The van der Waals surface area contributed by atoms with Crippen molar-refractivity contribution >= 4 is 33.2 Å². The minimum atomic E-state index is -0.226. The molecule has 0 saturated heterocycles. The maximum atomic E-state index is 12.2. The fourth-order valence-electron chi connectivity index (χ4n) is 1.91. The molecule has 0 aliphatic rings. The standard InChI is InChI=1S/C13H17ClN2OS/c1-4-7(3)8-6-18-13-10(8)12(17)15-11(16-13)9(14)5-2/h6-7,9H,4-5H2,1-3H3,(H,15,16,17). The lowest BCUT2D eigenvalue weighted by molar-refractivity contribution is 0.740. The molecule has 98 valence electrons. The minimum absolute atomic E-state index is 0.0642. The largest absolute Gasteiger partial charge is 0.309 e. The van der Waals surface area contributed by atoms with Crippen LogP contribution < -0.4 is 5.56 Å². The second-order valence-electron chi connectivity index (χ2n) is 4.51. The minimum Gasteiger partial charge on any atom is -0.309 e. The normalized spacial score (nSPS) is 14.9. The van der Waals surface area contributed by atoms with E-state index in [2.05, 4.69) is 23.8 Å². The number of alkyl halides is 1. The third-order valence-corrected chi connectivity index (χ3v) is 4.69. The Morgan fingerprint density at radius 2 is 2.17 bits per heavy atom. The molecule has 5 heteroatoms. The molecular weight excluding hydrogens is 268 g/mol. The molecule has 2 heterocycles. The molecular formula is C13H17ClN2OS. The lowest BCUT2D eigenvalue weighted by Crippen LogP contribution is -2.13. The van der Waals surface area contributed by atoms with E-state index < -0.39 is 0 Å². The Kier molecular flexibility index (Phi) is 4.07. The molecule has 0 aliphatic carbocycles. The van der Waals surface area contributed by atoms with E-state index >= 15 is 0 Å². The topological polar surface area (TPSA) is 45.8 Å². The molecule has 0 aromatic carbocycles. The summed E-state index contributed by atoms with van der Waals surface area (Å²) in [6.07, 6.45) is 1.76. The summed E-state index contributed by atoms with van der Waals surface area (Å²) in [7, 11) is 0. The van der Waals surface area contributed by atoms with Gasteiger partial charge in [0.05, 0.1) is 10.8 Å². The number of nitrogens with zero attached hydrogens (tertiary/aromatic N) is 1. The van der Waals surface area contributed by atoms with Crippen molar-refractivity contribution < 1.29 is 0 Å². The highest BCUT2D eigenvalue weighted by Gasteiger charge is 2.17. The molecule has 0 radical (unpaired) electrons. The molecule has 3 nitrogen and oxygen atoms in total. The van der Waals surface area contributed by atoms with Crippen molar-refractivity contribution in [2.45, 2.75) is 44.9 Å². The number of halogens is 1. The van der Waals surface area contributed by atoms with Crippen LogP contribution in [0.4, 0.5) is 0 Å². The summed E-state index contributed by atoms with van der Waals surface area (Å²) >= 11 is 7.66. The van der Waals surface area contributed by atoms with E-state index in [0.29, 0.717) is 11.7 Å². The van der Waals surface area contributed by atoms with Gasteiger partial charge < -0.3 is 4.98 Å². The fourth-order valence-corrected chi connectivity index (χ4v) is 3.08. The van der Waals surface area contributed by atoms with Crippen LogP contribution in [-0.2, 0) is 0 Å². The zero-order valence-electron chi connectivity index (χ0n) is 10.8. The highest BCUT2D eigenvalue weighted by atomic mass is 35.5. The third kappa shape index (κ3) is 2.31. The highest BCUT2D eigenvalue weighted by molar-refractivity contribution is 7.16. The maximum Gasteiger partial charge on any atom is 0.259 e. The number of fused-ring (bicyclic) bond motifs is 1. The molecule has 2 aromatic rings. The molecule has 1 N–H and O–H groups in total. The molecule has 2 rings (SSSR count). The first-order valence-corrected chi connectivity index (χ1v) is 7.55. The van der Waals surface area contributed by atoms with Gasteiger partial charge in [0, 0.05) is 0 Å². The van der Waals surface area contributed by atoms with E-state index in [0.717, 1.165) is 28.6 Å². The van der Waals surface area contributed by atoms with Gasteiger partial charge >= 0.3 is 0 Å². The van der Waals surface area contributed by atoms with Gasteiger partial charge in [-0.05, 0) is 29.7 Å². The van der Waals surface area contributed by atoms with Gasteiger partial charge in [-0.15, -0.1) is 22.9 Å². The Labute approximate surface area is 115 Å². The molecule has 2 unspecified atom stereocenters. The first-order valence-electron chi connectivity index (χ1n) is 6.23. The van der Waals surface area contributed by atoms with Gasteiger partial charge in [0.2, 0.25) is 0 Å². The zero-order chi connectivity index (χ0) is 13.3. The zero-order valence-corrected chi connectivity index (χ0v) is 12.4.